The van der Waals surface area contributed by atoms with E-state index in [-0.39, 0.29) is 24.1 Å². The second-order valence-electron chi connectivity index (χ2n) is 5.58. The predicted octanol–water partition coefficient (Wildman–Crippen LogP) is 0.195. The lowest BCUT2D eigenvalue weighted by Crippen LogP contribution is -2.54. The molecule has 5 heteroatoms. The van der Waals surface area contributed by atoms with Crippen LogP contribution in [0.4, 0.5) is 0 Å². The zero-order valence-electron chi connectivity index (χ0n) is 12.0. The molecule has 1 heterocycles. The van der Waals surface area contributed by atoms with Crippen LogP contribution >= 0.6 is 0 Å². The van der Waals surface area contributed by atoms with Crippen LogP contribution in [0.5, 0.6) is 0 Å². The number of hydrogen-bond acceptors (Lipinski definition) is 4. The second kappa shape index (κ2) is 7.07. The van der Waals surface area contributed by atoms with Crippen molar-refractivity contribution in [3.63, 3.8) is 0 Å². The van der Waals surface area contributed by atoms with E-state index >= 15 is 0 Å². The second-order valence-corrected chi connectivity index (χ2v) is 5.58. The molecule has 0 bridgehead atoms. The van der Waals surface area contributed by atoms with Crippen molar-refractivity contribution in [3.8, 4) is 0 Å². The van der Waals surface area contributed by atoms with Gasteiger partial charge in [-0.2, -0.15) is 0 Å². The molecule has 0 aliphatic carbocycles. The summed E-state index contributed by atoms with van der Waals surface area (Å²) >= 11 is 0. The highest BCUT2D eigenvalue weighted by atomic mass is 16.5. The number of carbonyl (C=O) groups excluding carboxylic acids is 1. The largest absolute Gasteiger partial charge is 0.380 e. The molecule has 1 fully saturated rings. The van der Waals surface area contributed by atoms with Crippen molar-refractivity contribution in [2.75, 3.05) is 26.7 Å². The number of nitrogens with two attached hydrogens (primary N) is 1. The summed E-state index contributed by atoms with van der Waals surface area (Å²) in [5.41, 5.74) is 5.44. The topological polar surface area (TPSA) is 67.6 Å². The lowest BCUT2D eigenvalue weighted by molar-refractivity contribution is -0.121. The van der Waals surface area contributed by atoms with Crippen molar-refractivity contribution in [3.05, 3.63) is 0 Å². The molecule has 1 aliphatic heterocycles. The monoisotopic (exact) mass is 257 g/mol. The Bertz CT molecular complexity index is 271. The van der Waals surface area contributed by atoms with Gasteiger partial charge in [0.25, 0.3) is 0 Å². The van der Waals surface area contributed by atoms with Crippen molar-refractivity contribution in [2.24, 2.45) is 11.7 Å². The molecule has 0 saturated carbocycles. The van der Waals surface area contributed by atoms with E-state index in [0.29, 0.717) is 12.5 Å². The van der Waals surface area contributed by atoms with Crippen LogP contribution in [-0.2, 0) is 9.53 Å². The summed E-state index contributed by atoms with van der Waals surface area (Å²) in [6.45, 7) is 8.80. The Hall–Kier alpha value is -0.650. The fourth-order valence-electron chi connectivity index (χ4n) is 2.46. The van der Waals surface area contributed by atoms with Crippen LogP contribution in [0.1, 0.15) is 27.2 Å². The molecule has 0 spiro atoms. The normalized spacial score (nSPS) is 27.4. The molecular formula is C13H27N3O2. The smallest absolute Gasteiger partial charge is 0.235 e. The Labute approximate surface area is 110 Å². The lowest BCUT2D eigenvalue weighted by atomic mass is 9.95. The summed E-state index contributed by atoms with van der Waals surface area (Å²) in [5.74, 6) is 0.299. The van der Waals surface area contributed by atoms with Gasteiger partial charge in [-0.3, -0.25) is 9.69 Å². The highest BCUT2D eigenvalue weighted by molar-refractivity contribution is 5.80. The van der Waals surface area contributed by atoms with Crippen LogP contribution in [0.15, 0.2) is 0 Å². The maximum absolute atomic E-state index is 11.4. The van der Waals surface area contributed by atoms with E-state index in [2.05, 4.69) is 17.1 Å². The number of nitrogens with zero attached hydrogens (tertiary/aromatic N) is 1. The van der Waals surface area contributed by atoms with Crippen molar-refractivity contribution in [1.82, 2.24) is 10.2 Å². The molecule has 0 radical (unpaired) electrons. The quantitative estimate of drug-likeness (QED) is 0.713. The van der Waals surface area contributed by atoms with Gasteiger partial charge < -0.3 is 15.8 Å². The van der Waals surface area contributed by atoms with Crippen LogP contribution in [0.2, 0.25) is 0 Å². The minimum absolute atomic E-state index is 0.254. The molecule has 3 N–H and O–H groups in total. The van der Waals surface area contributed by atoms with Crippen LogP contribution in [0.3, 0.4) is 0 Å². The first kappa shape index (κ1) is 15.4. The number of rotatable bonds is 6. The van der Waals surface area contributed by atoms with Crippen molar-refractivity contribution >= 4 is 5.91 Å². The molecule has 3 atom stereocenters. The molecule has 5 nitrogen and oxygen atoms in total. The minimum atomic E-state index is -0.282. The fraction of sp³-hybridized carbons (Fsp3) is 0.923. The Morgan fingerprint density at radius 3 is 2.72 bits per heavy atom. The van der Waals surface area contributed by atoms with E-state index in [4.69, 9.17) is 10.5 Å². The number of methoxy groups -OCH3 is 1. The third-order valence-corrected chi connectivity index (χ3v) is 3.59. The van der Waals surface area contributed by atoms with E-state index in [9.17, 15) is 4.79 Å². The predicted molar refractivity (Wildman–Crippen MR) is 72.3 cm³/mol. The summed E-state index contributed by atoms with van der Waals surface area (Å²) in [6, 6.07) is -0.0275. The zero-order valence-corrected chi connectivity index (χ0v) is 12.0. The van der Waals surface area contributed by atoms with Gasteiger partial charge in [0.2, 0.25) is 5.91 Å². The lowest BCUT2D eigenvalue weighted by Gasteiger charge is -2.37. The average molecular weight is 257 g/mol. The molecule has 1 rings (SSSR count). The molecule has 0 aromatic carbocycles. The van der Waals surface area contributed by atoms with E-state index in [0.717, 1.165) is 19.5 Å². The third kappa shape index (κ3) is 4.55. The van der Waals surface area contributed by atoms with Gasteiger partial charge in [-0.25, -0.2) is 0 Å². The molecule has 0 aromatic heterocycles. The number of likely N-dealkylation sites (tertiary alicyclic amines) is 1. The Morgan fingerprint density at radius 2 is 2.22 bits per heavy atom. The van der Waals surface area contributed by atoms with E-state index < -0.39 is 0 Å². The first-order chi connectivity index (χ1) is 8.43. The van der Waals surface area contributed by atoms with Gasteiger partial charge >= 0.3 is 0 Å². The summed E-state index contributed by atoms with van der Waals surface area (Å²) in [4.78, 5) is 13.7. The molecule has 18 heavy (non-hydrogen) atoms. The maximum atomic E-state index is 11.4. The average Bonchev–Trinajstić information content (AvgIpc) is 2.29. The van der Waals surface area contributed by atoms with Gasteiger partial charge in [-0.05, 0) is 18.9 Å². The van der Waals surface area contributed by atoms with E-state index in [1.807, 2.05) is 13.8 Å². The Balaban J connectivity index is 2.51. The van der Waals surface area contributed by atoms with Crippen molar-refractivity contribution in [2.45, 2.75) is 45.4 Å². The van der Waals surface area contributed by atoms with Gasteiger partial charge in [0, 0.05) is 26.2 Å². The number of hydrogen-bond donors (Lipinski definition) is 2. The summed E-state index contributed by atoms with van der Waals surface area (Å²) in [7, 11) is 1.75. The van der Waals surface area contributed by atoms with Crippen molar-refractivity contribution in [1.29, 1.82) is 0 Å². The maximum Gasteiger partial charge on any atom is 0.235 e. The molecule has 1 amide bonds. The van der Waals surface area contributed by atoms with E-state index in [1.54, 1.807) is 7.11 Å². The molecule has 0 aromatic rings. The van der Waals surface area contributed by atoms with Gasteiger partial charge in [0.1, 0.15) is 0 Å². The Kier molecular flexibility index (Phi) is 6.05. The van der Waals surface area contributed by atoms with Crippen LogP contribution < -0.4 is 11.1 Å². The van der Waals surface area contributed by atoms with Gasteiger partial charge in [0.05, 0.1) is 12.1 Å². The SMILES string of the molecule is COC1CN(CC(NC(C)C)C(N)=O)CCC1C. The number of amides is 1. The van der Waals surface area contributed by atoms with Gasteiger partial charge in [-0.1, -0.05) is 20.8 Å². The Morgan fingerprint density at radius 1 is 1.56 bits per heavy atom. The molecule has 1 saturated heterocycles. The number of primary amides is 1. The number of piperidine rings is 1. The number of ether oxygens (including phenoxy) is 1. The standard InChI is InChI=1S/C13H27N3O2/c1-9(2)15-11(13(14)17)7-16-6-5-10(3)12(8-16)18-4/h9-12,15H,5-8H2,1-4H3,(H2,14,17). The zero-order chi connectivity index (χ0) is 13.7. The molecule has 106 valence electrons. The number of carbonyl (C=O) groups is 1. The summed E-state index contributed by atoms with van der Waals surface area (Å²) < 4.78 is 5.48. The van der Waals surface area contributed by atoms with Gasteiger partial charge in [0.15, 0.2) is 0 Å². The van der Waals surface area contributed by atoms with Crippen LogP contribution in [0.25, 0.3) is 0 Å². The first-order valence-corrected chi connectivity index (χ1v) is 6.74. The summed E-state index contributed by atoms with van der Waals surface area (Å²) in [6.07, 6.45) is 1.36. The van der Waals surface area contributed by atoms with Gasteiger partial charge in [-0.15, -0.1) is 0 Å². The third-order valence-electron chi connectivity index (χ3n) is 3.59. The summed E-state index contributed by atoms with van der Waals surface area (Å²) in [5, 5.41) is 3.21. The van der Waals surface area contributed by atoms with Crippen molar-refractivity contribution < 1.29 is 9.53 Å². The molecule has 1 aliphatic rings. The van der Waals surface area contributed by atoms with Crippen LogP contribution in [0, 0.1) is 5.92 Å². The fourth-order valence-corrected chi connectivity index (χ4v) is 2.46. The van der Waals surface area contributed by atoms with E-state index in [1.165, 1.54) is 0 Å². The highest BCUT2D eigenvalue weighted by Gasteiger charge is 2.28. The highest BCUT2D eigenvalue weighted by Crippen LogP contribution is 2.19. The number of nitrogens with one attached hydrogen (secondary N) is 1. The first-order valence-electron chi connectivity index (χ1n) is 6.74. The molecule has 3 unspecified atom stereocenters. The molecular weight excluding hydrogens is 230 g/mol. The van der Waals surface area contributed by atoms with Crippen LogP contribution in [-0.4, -0.2) is 55.7 Å². The minimum Gasteiger partial charge on any atom is -0.380 e.